The molecule has 0 aromatic heterocycles. The van der Waals surface area contributed by atoms with Crippen molar-refractivity contribution in [3.63, 3.8) is 0 Å². The molecule has 1 aromatic carbocycles. The zero-order chi connectivity index (χ0) is 28.9. The van der Waals surface area contributed by atoms with Gasteiger partial charge in [-0.2, -0.15) is 0 Å². The number of esters is 4. The molecule has 39 heavy (non-hydrogen) atoms. The second-order valence-electron chi connectivity index (χ2n) is 9.64. The number of carbonyl (C=O) groups excluding carboxylic acids is 4. The van der Waals surface area contributed by atoms with Gasteiger partial charge in [-0.05, 0) is 70.4 Å². The second kappa shape index (κ2) is 15.5. The molecule has 0 bridgehead atoms. The molecule has 0 aliphatic carbocycles. The van der Waals surface area contributed by atoms with E-state index in [-0.39, 0.29) is 24.6 Å². The van der Waals surface area contributed by atoms with E-state index in [1.165, 1.54) is 13.8 Å². The Morgan fingerprint density at radius 2 is 1.67 bits per heavy atom. The van der Waals surface area contributed by atoms with E-state index in [4.69, 9.17) is 18.9 Å². The molecule has 1 fully saturated rings. The molecule has 8 heteroatoms. The van der Waals surface area contributed by atoms with Crippen LogP contribution in [0, 0.1) is 0 Å². The van der Waals surface area contributed by atoms with Crippen LogP contribution in [0.4, 0.5) is 0 Å². The van der Waals surface area contributed by atoms with Crippen molar-refractivity contribution in [2.45, 2.75) is 79.1 Å². The third kappa shape index (κ3) is 10.8. The van der Waals surface area contributed by atoms with Gasteiger partial charge in [0, 0.05) is 20.3 Å². The highest BCUT2D eigenvalue weighted by Crippen LogP contribution is 2.28. The normalized spacial score (nSPS) is 19.2. The molecule has 1 aliphatic rings. The standard InChI is InChI=1S/C31H38O8/c1-20(2)19-28-29(38-24(6)33)26(31(35)39-28)15-16-27(37-23(5)32)22(4)12-10-11-21(3)17-18-36-30(34)25-13-8-7-9-14-25/h7-9,12-15,17,19,27-29H,10-11,16,18H2,1-6H3/b21-17-,22-12+,26-15+/t27-,28-,29+/m1/s1. The van der Waals surface area contributed by atoms with Gasteiger partial charge in [-0.3, -0.25) is 9.59 Å². The minimum atomic E-state index is -0.865. The van der Waals surface area contributed by atoms with Crippen LogP contribution in [0.2, 0.25) is 0 Å². The average Bonchev–Trinajstić information content (AvgIpc) is 3.14. The lowest BCUT2D eigenvalue weighted by Gasteiger charge is -2.18. The Morgan fingerprint density at radius 1 is 0.974 bits per heavy atom. The minimum Gasteiger partial charge on any atom is -0.458 e. The number of ether oxygens (including phenoxy) is 4. The predicted molar refractivity (Wildman–Crippen MR) is 147 cm³/mol. The lowest BCUT2D eigenvalue weighted by atomic mass is 10.0. The third-order valence-corrected chi connectivity index (χ3v) is 5.90. The largest absolute Gasteiger partial charge is 0.458 e. The summed E-state index contributed by atoms with van der Waals surface area (Å²) < 4.78 is 21.6. The molecule has 0 radical (unpaired) electrons. The fourth-order valence-electron chi connectivity index (χ4n) is 3.94. The van der Waals surface area contributed by atoms with E-state index in [1.54, 1.807) is 36.4 Å². The Morgan fingerprint density at radius 3 is 2.28 bits per heavy atom. The lowest BCUT2D eigenvalue weighted by Crippen LogP contribution is -2.26. The van der Waals surface area contributed by atoms with Gasteiger partial charge in [0.2, 0.25) is 0 Å². The first-order valence-corrected chi connectivity index (χ1v) is 12.9. The van der Waals surface area contributed by atoms with Crippen molar-refractivity contribution in [1.29, 1.82) is 0 Å². The summed E-state index contributed by atoms with van der Waals surface area (Å²) in [5.41, 5.74) is 3.52. The molecule has 0 spiro atoms. The first-order chi connectivity index (χ1) is 18.5. The smallest absolute Gasteiger partial charge is 0.338 e. The molecule has 1 aliphatic heterocycles. The molecule has 1 saturated heterocycles. The molecule has 1 aromatic rings. The van der Waals surface area contributed by atoms with Crippen molar-refractivity contribution >= 4 is 23.9 Å². The van der Waals surface area contributed by atoms with Crippen LogP contribution in [-0.4, -0.2) is 48.8 Å². The van der Waals surface area contributed by atoms with Gasteiger partial charge in [-0.1, -0.05) is 41.5 Å². The van der Waals surface area contributed by atoms with Crippen LogP contribution in [0.15, 0.2) is 76.9 Å². The Hall–Kier alpha value is -3.94. The molecule has 8 nitrogen and oxygen atoms in total. The molecule has 2 rings (SSSR count). The summed E-state index contributed by atoms with van der Waals surface area (Å²) in [6.07, 6.45) is 6.64. The summed E-state index contributed by atoms with van der Waals surface area (Å²) in [4.78, 5) is 48.0. The van der Waals surface area contributed by atoms with Crippen LogP contribution in [0.1, 0.15) is 71.2 Å². The van der Waals surface area contributed by atoms with Gasteiger partial charge in [-0.25, -0.2) is 9.59 Å². The number of hydrogen-bond acceptors (Lipinski definition) is 8. The highest BCUT2D eigenvalue weighted by atomic mass is 16.6. The molecule has 0 N–H and O–H groups in total. The van der Waals surface area contributed by atoms with E-state index >= 15 is 0 Å². The van der Waals surface area contributed by atoms with Crippen molar-refractivity contribution in [2.75, 3.05) is 6.61 Å². The van der Waals surface area contributed by atoms with Gasteiger partial charge in [-0.15, -0.1) is 0 Å². The first-order valence-electron chi connectivity index (χ1n) is 12.9. The van der Waals surface area contributed by atoms with Crippen molar-refractivity contribution in [2.24, 2.45) is 0 Å². The second-order valence-corrected chi connectivity index (χ2v) is 9.64. The monoisotopic (exact) mass is 538 g/mol. The molecule has 210 valence electrons. The molecule has 1 heterocycles. The summed E-state index contributed by atoms with van der Waals surface area (Å²) in [5.74, 6) is -1.92. The highest BCUT2D eigenvalue weighted by Gasteiger charge is 2.41. The number of hydrogen-bond donors (Lipinski definition) is 0. The van der Waals surface area contributed by atoms with Gasteiger partial charge in [0.05, 0.1) is 11.1 Å². The van der Waals surface area contributed by atoms with Crippen molar-refractivity contribution in [3.05, 3.63) is 82.5 Å². The molecule has 0 saturated carbocycles. The van der Waals surface area contributed by atoms with Gasteiger partial charge in [0.25, 0.3) is 0 Å². The first kappa shape index (κ1) is 31.3. The number of rotatable bonds is 12. The molecule has 3 atom stereocenters. The average molecular weight is 539 g/mol. The predicted octanol–water partition coefficient (Wildman–Crippen LogP) is 5.59. The summed E-state index contributed by atoms with van der Waals surface area (Å²) in [7, 11) is 0. The summed E-state index contributed by atoms with van der Waals surface area (Å²) in [6.45, 7) is 10.3. The Labute approximate surface area is 230 Å². The quantitative estimate of drug-likeness (QED) is 0.147. The minimum absolute atomic E-state index is 0.180. The highest BCUT2D eigenvalue weighted by molar-refractivity contribution is 5.93. The van der Waals surface area contributed by atoms with Gasteiger partial charge >= 0.3 is 23.9 Å². The number of allylic oxidation sites excluding steroid dienone is 3. The van der Waals surface area contributed by atoms with Crippen LogP contribution < -0.4 is 0 Å². The van der Waals surface area contributed by atoms with E-state index in [0.717, 1.165) is 23.1 Å². The van der Waals surface area contributed by atoms with E-state index < -0.39 is 36.2 Å². The fourth-order valence-corrected chi connectivity index (χ4v) is 3.94. The summed E-state index contributed by atoms with van der Waals surface area (Å²) in [5, 5.41) is 0. The van der Waals surface area contributed by atoms with Gasteiger partial charge in [0.15, 0.2) is 12.2 Å². The van der Waals surface area contributed by atoms with Crippen LogP contribution in [-0.2, 0) is 33.3 Å². The molecule has 0 amide bonds. The lowest BCUT2D eigenvalue weighted by molar-refractivity contribution is -0.148. The Kier molecular flexibility index (Phi) is 12.4. The zero-order valence-corrected chi connectivity index (χ0v) is 23.5. The topological polar surface area (TPSA) is 105 Å². The van der Waals surface area contributed by atoms with E-state index in [2.05, 4.69) is 0 Å². The van der Waals surface area contributed by atoms with Gasteiger partial charge < -0.3 is 18.9 Å². The molecular formula is C31H38O8. The maximum absolute atomic E-state index is 12.5. The van der Waals surface area contributed by atoms with Crippen molar-refractivity contribution in [3.8, 4) is 0 Å². The molecular weight excluding hydrogens is 500 g/mol. The number of benzene rings is 1. The summed E-state index contributed by atoms with van der Waals surface area (Å²) >= 11 is 0. The Bertz CT molecular complexity index is 1150. The number of cyclic esters (lactones) is 1. The maximum atomic E-state index is 12.5. The maximum Gasteiger partial charge on any atom is 0.338 e. The van der Waals surface area contributed by atoms with E-state index in [9.17, 15) is 19.2 Å². The Balaban J connectivity index is 2.02. The number of carbonyl (C=O) groups is 4. The van der Waals surface area contributed by atoms with E-state index in [1.807, 2.05) is 45.9 Å². The SMILES string of the molecule is CC(=O)O[C@H](C/C=C1/C(=O)O[C@H](C=C(C)C)[C@H]1OC(C)=O)/C(C)=C/CC/C(C)=C\COC(=O)c1ccccc1. The van der Waals surface area contributed by atoms with E-state index in [0.29, 0.717) is 12.0 Å². The van der Waals surface area contributed by atoms with Crippen molar-refractivity contribution < 1.29 is 38.1 Å². The third-order valence-electron chi connectivity index (χ3n) is 5.90. The van der Waals surface area contributed by atoms with Crippen LogP contribution in [0.3, 0.4) is 0 Å². The molecule has 0 unspecified atom stereocenters. The summed E-state index contributed by atoms with van der Waals surface area (Å²) in [6, 6.07) is 8.81. The van der Waals surface area contributed by atoms with Gasteiger partial charge in [0.1, 0.15) is 12.7 Å². The fraction of sp³-hybridized carbons (Fsp3) is 0.419. The van der Waals surface area contributed by atoms with Crippen molar-refractivity contribution in [1.82, 2.24) is 0 Å². The van der Waals surface area contributed by atoms with Crippen LogP contribution in [0.25, 0.3) is 0 Å². The zero-order valence-electron chi connectivity index (χ0n) is 23.5. The van der Waals surface area contributed by atoms with Crippen LogP contribution >= 0.6 is 0 Å². The van der Waals surface area contributed by atoms with Crippen LogP contribution in [0.5, 0.6) is 0 Å².